The summed E-state index contributed by atoms with van der Waals surface area (Å²) >= 11 is 0. The highest BCUT2D eigenvalue weighted by molar-refractivity contribution is 6.46. The topological polar surface area (TPSA) is 79.7 Å². The SMILES string of the molecule is Cc1cc(/C(O)=C2/C(=O)C(=O)N(C3CCCC3)C2c2ccncc2)ccc1OCC(C)C. The number of aromatic nitrogens is 1. The van der Waals surface area contributed by atoms with Gasteiger partial charge in [-0.2, -0.15) is 0 Å². The third-order valence-electron chi connectivity index (χ3n) is 6.24. The molecule has 4 rings (SSSR count). The van der Waals surface area contributed by atoms with Crippen molar-refractivity contribution in [2.45, 2.75) is 58.5 Å². The van der Waals surface area contributed by atoms with E-state index in [1.165, 1.54) is 0 Å². The van der Waals surface area contributed by atoms with Crippen molar-refractivity contribution in [1.29, 1.82) is 0 Å². The quantitative estimate of drug-likeness (QED) is 0.402. The van der Waals surface area contributed by atoms with Crippen LogP contribution in [0.5, 0.6) is 5.75 Å². The summed E-state index contributed by atoms with van der Waals surface area (Å²) in [5, 5.41) is 11.3. The number of Topliss-reactive ketones (excluding diaryl/α,β-unsaturated/α-hetero) is 1. The van der Waals surface area contributed by atoms with Gasteiger partial charge in [-0.05, 0) is 67.1 Å². The van der Waals surface area contributed by atoms with E-state index in [4.69, 9.17) is 4.74 Å². The van der Waals surface area contributed by atoms with Crippen LogP contribution >= 0.6 is 0 Å². The maximum Gasteiger partial charge on any atom is 0.295 e. The van der Waals surface area contributed by atoms with Gasteiger partial charge in [0.15, 0.2) is 0 Å². The molecular formula is C26H30N2O4. The number of likely N-dealkylation sites (tertiary alicyclic amines) is 1. The maximum atomic E-state index is 13.2. The first-order chi connectivity index (χ1) is 15.4. The van der Waals surface area contributed by atoms with Crippen molar-refractivity contribution in [3.63, 3.8) is 0 Å². The van der Waals surface area contributed by atoms with Crippen LogP contribution in [0.15, 0.2) is 48.3 Å². The fourth-order valence-electron chi connectivity index (χ4n) is 4.65. The Morgan fingerprint density at radius 1 is 1.16 bits per heavy atom. The number of aliphatic hydroxyl groups excluding tert-OH is 1. The van der Waals surface area contributed by atoms with E-state index in [-0.39, 0.29) is 17.4 Å². The van der Waals surface area contributed by atoms with Crippen LogP contribution in [-0.4, -0.2) is 39.3 Å². The molecule has 1 aromatic carbocycles. The van der Waals surface area contributed by atoms with Gasteiger partial charge in [0.2, 0.25) is 0 Å². The summed E-state index contributed by atoms with van der Waals surface area (Å²) in [4.78, 5) is 32.0. The molecule has 32 heavy (non-hydrogen) atoms. The lowest BCUT2D eigenvalue weighted by molar-refractivity contribution is -0.141. The summed E-state index contributed by atoms with van der Waals surface area (Å²) in [6.07, 6.45) is 7.11. The van der Waals surface area contributed by atoms with E-state index in [0.29, 0.717) is 18.1 Å². The molecule has 1 aliphatic carbocycles. The monoisotopic (exact) mass is 434 g/mol. The Balaban J connectivity index is 1.77. The Morgan fingerprint density at radius 3 is 2.47 bits per heavy atom. The van der Waals surface area contributed by atoms with E-state index < -0.39 is 17.7 Å². The number of pyridine rings is 1. The number of hydrogen-bond acceptors (Lipinski definition) is 5. The number of rotatable bonds is 6. The van der Waals surface area contributed by atoms with Crippen molar-refractivity contribution >= 4 is 17.4 Å². The lowest BCUT2D eigenvalue weighted by atomic mass is 9.95. The number of nitrogens with zero attached hydrogens (tertiary/aromatic N) is 2. The number of hydrogen-bond donors (Lipinski definition) is 1. The zero-order valence-electron chi connectivity index (χ0n) is 18.9. The zero-order chi connectivity index (χ0) is 22.8. The Hall–Kier alpha value is -3.15. The third kappa shape index (κ3) is 4.14. The van der Waals surface area contributed by atoms with Crippen molar-refractivity contribution in [3.8, 4) is 5.75 Å². The minimum atomic E-state index is -0.631. The van der Waals surface area contributed by atoms with Gasteiger partial charge in [0, 0.05) is 24.0 Å². The third-order valence-corrected chi connectivity index (χ3v) is 6.24. The second-order valence-electron chi connectivity index (χ2n) is 9.11. The minimum absolute atomic E-state index is 0.00320. The highest BCUT2D eigenvalue weighted by Gasteiger charge is 2.49. The number of aliphatic hydroxyl groups is 1. The van der Waals surface area contributed by atoms with E-state index in [9.17, 15) is 14.7 Å². The lowest BCUT2D eigenvalue weighted by Gasteiger charge is -2.30. The van der Waals surface area contributed by atoms with Gasteiger partial charge in [-0.15, -0.1) is 0 Å². The van der Waals surface area contributed by atoms with Gasteiger partial charge in [0.1, 0.15) is 11.5 Å². The Bertz CT molecular complexity index is 1040. The first kappa shape index (κ1) is 22.1. The van der Waals surface area contributed by atoms with E-state index in [1.54, 1.807) is 47.6 Å². The van der Waals surface area contributed by atoms with Crippen LogP contribution < -0.4 is 4.74 Å². The number of amides is 1. The standard InChI is InChI=1S/C26H30N2O4/c1-16(2)15-32-21-9-8-19(14-17(21)3)24(29)22-23(18-10-12-27-13-11-18)28(26(31)25(22)30)20-6-4-5-7-20/h8-14,16,20,23,29H,4-7,15H2,1-3H3/b24-22-. The first-order valence-electron chi connectivity index (χ1n) is 11.3. The molecule has 0 radical (unpaired) electrons. The van der Waals surface area contributed by atoms with Gasteiger partial charge >= 0.3 is 0 Å². The van der Waals surface area contributed by atoms with Gasteiger partial charge in [0.25, 0.3) is 11.7 Å². The lowest BCUT2D eigenvalue weighted by Crippen LogP contribution is -2.37. The predicted octanol–water partition coefficient (Wildman–Crippen LogP) is 4.79. The number of ether oxygens (including phenoxy) is 1. The maximum absolute atomic E-state index is 13.2. The first-order valence-corrected chi connectivity index (χ1v) is 11.3. The highest BCUT2D eigenvalue weighted by atomic mass is 16.5. The molecule has 2 aliphatic rings. The summed E-state index contributed by atoms with van der Waals surface area (Å²) in [7, 11) is 0. The van der Waals surface area contributed by atoms with Crippen molar-refractivity contribution in [2.24, 2.45) is 5.92 Å². The normalized spacial score (nSPS) is 21.0. The molecule has 1 aromatic heterocycles. The molecular weight excluding hydrogens is 404 g/mol. The summed E-state index contributed by atoms with van der Waals surface area (Å²) in [6.45, 7) is 6.67. The Morgan fingerprint density at radius 2 is 1.84 bits per heavy atom. The largest absolute Gasteiger partial charge is 0.507 e. The van der Waals surface area contributed by atoms with Gasteiger partial charge in [-0.25, -0.2) is 0 Å². The molecule has 1 saturated carbocycles. The fourth-order valence-corrected chi connectivity index (χ4v) is 4.65. The average Bonchev–Trinajstić information content (AvgIpc) is 3.40. The molecule has 1 atom stereocenters. The molecule has 2 fully saturated rings. The van der Waals surface area contributed by atoms with Crippen LogP contribution in [0.2, 0.25) is 0 Å². The van der Waals surface area contributed by atoms with Gasteiger partial charge < -0.3 is 14.7 Å². The van der Waals surface area contributed by atoms with Crippen LogP contribution in [0.3, 0.4) is 0 Å². The molecule has 6 heteroatoms. The van der Waals surface area contributed by atoms with Gasteiger partial charge in [0.05, 0.1) is 18.2 Å². The molecule has 0 bridgehead atoms. The number of aryl methyl sites for hydroxylation is 1. The molecule has 0 spiro atoms. The second kappa shape index (κ2) is 9.15. The van der Waals surface area contributed by atoms with Crippen molar-refractivity contribution < 1.29 is 19.4 Å². The van der Waals surface area contributed by atoms with Gasteiger partial charge in [-0.1, -0.05) is 26.7 Å². The molecule has 1 N–H and O–H groups in total. The highest BCUT2D eigenvalue weighted by Crippen LogP contribution is 2.43. The molecule has 1 unspecified atom stereocenters. The zero-order valence-corrected chi connectivity index (χ0v) is 18.9. The van der Waals surface area contributed by atoms with Crippen LogP contribution in [0, 0.1) is 12.8 Å². The molecule has 2 heterocycles. The average molecular weight is 435 g/mol. The number of benzene rings is 1. The molecule has 168 valence electrons. The molecule has 6 nitrogen and oxygen atoms in total. The molecule has 1 amide bonds. The molecule has 2 aromatic rings. The smallest absolute Gasteiger partial charge is 0.295 e. The number of carbonyl (C=O) groups excluding carboxylic acids is 2. The summed E-state index contributed by atoms with van der Waals surface area (Å²) in [5.74, 6) is -0.172. The number of ketones is 1. The van der Waals surface area contributed by atoms with E-state index in [0.717, 1.165) is 42.6 Å². The summed E-state index contributed by atoms with van der Waals surface area (Å²) in [6, 6.07) is 8.35. The second-order valence-corrected chi connectivity index (χ2v) is 9.11. The van der Waals surface area contributed by atoms with Crippen molar-refractivity contribution in [1.82, 2.24) is 9.88 Å². The predicted molar refractivity (Wildman–Crippen MR) is 122 cm³/mol. The van der Waals surface area contributed by atoms with E-state index in [1.807, 2.05) is 6.92 Å². The molecule has 1 saturated heterocycles. The Kier molecular flexibility index (Phi) is 6.31. The summed E-state index contributed by atoms with van der Waals surface area (Å²) < 4.78 is 5.84. The van der Waals surface area contributed by atoms with E-state index in [2.05, 4.69) is 18.8 Å². The van der Waals surface area contributed by atoms with Crippen LogP contribution in [-0.2, 0) is 9.59 Å². The Labute approximate surface area is 188 Å². The minimum Gasteiger partial charge on any atom is -0.507 e. The number of carbonyl (C=O) groups is 2. The van der Waals surface area contributed by atoms with Crippen molar-refractivity contribution in [3.05, 3.63) is 65.0 Å². The van der Waals surface area contributed by atoms with Crippen LogP contribution in [0.25, 0.3) is 5.76 Å². The summed E-state index contributed by atoms with van der Waals surface area (Å²) in [5.41, 5.74) is 2.28. The van der Waals surface area contributed by atoms with Gasteiger partial charge in [-0.3, -0.25) is 14.6 Å². The molecule has 1 aliphatic heterocycles. The van der Waals surface area contributed by atoms with Crippen LogP contribution in [0.4, 0.5) is 0 Å². The van der Waals surface area contributed by atoms with Crippen molar-refractivity contribution in [2.75, 3.05) is 6.61 Å². The van der Waals surface area contributed by atoms with Crippen LogP contribution in [0.1, 0.15) is 62.3 Å². The fraction of sp³-hybridized carbons (Fsp3) is 0.423. The van der Waals surface area contributed by atoms with E-state index >= 15 is 0 Å².